The van der Waals surface area contributed by atoms with Crippen molar-refractivity contribution in [3.05, 3.63) is 40.1 Å². The summed E-state index contributed by atoms with van der Waals surface area (Å²) in [4.78, 5) is 8.50. The lowest BCUT2D eigenvalue weighted by molar-refractivity contribution is 0.00578. The Hall–Kier alpha value is -1.67. The van der Waals surface area contributed by atoms with Crippen molar-refractivity contribution in [3.8, 4) is 0 Å². The molecule has 14 heteroatoms. The van der Waals surface area contributed by atoms with Gasteiger partial charge in [-0.25, -0.2) is 9.97 Å². The fraction of sp³-hybridized carbons (Fsp3) is 0.697. The number of anilines is 2. The van der Waals surface area contributed by atoms with E-state index in [9.17, 15) is 0 Å². The molecule has 0 aliphatic carbocycles. The maximum Gasteiger partial charge on any atom is 0.496 e. The van der Waals surface area contributed by atoms with E-state index in [0.29, 0.717) is 0 Å². The highest BCUT2D eigenvalue weighted by Crippen LogP contribution is 2.43. The normalized spacial score (nSPS) is 22.4. The Bertz CT molecular complexity index is 1290. The second kappa shape index (κ2) is 14.7. The average Bonchev–Trinajstić information content (AvgIpc) is 3.38. The van der Waals surface area contributed by atoms with E-state index in [4.69, 9.17) is 27.9 Å². The third-order valence-corrected chi connectivity index (χ3v) is 10.3. The summed E-state index contributed by atoms with van der Waals surface area (Å²) < 4.78 is 36.9. The van der Waals surface area contributed by atoms with E-state index in [-0.39, 0.29) is 48.2 Å². The van der Waals surface area contributed by atoms with Gasteiger partial charge in [-0.05, 0) is 130 Å². The minimum atomic E-state index is -0.476. The van der Waals surface area contributed by atoms with Gasteiger partial charge in [0.1, 0.15) is 11.6 Å². The third-order valence-electron chi connectivity index (χ3n) is 9.91. The molecule has 2 aromatic heterocycles. The molecule has 0 amide bonds. The molecule has 10 nitrogen and oxygen atoms in total. The summed E-state index contributed by atoms with van der Waals surface area (Å²) in [6.45, 7) is 28.5. The van der Waals surface area contributed by atoms with Crippen molar-refractivity contribution >= 4 is 54.2 Å². The van der Waals surface area contributed by atoms with E-state index >= 15 is 0 Å². The van der Waals surface area contributed by atoms with Crippen LogP contribution in [0.1, 0.15) is 102 Å². The first-order chi connectivity index (χ1) is 20.9. The topological polar surface area (TPSA) is 105 Å². The fourth-order valence-corrected chi connectivity index (χ4v) is 5.21. The minimum absolute atomic E-state index is 0. The van der Waals surface area contributed by atoms with Crippen molar-refractivity contribution in [2.75, 3.05) is 24.7 Å². The van der Waals surface area contributed by atoms with Crippen molar-refractivity contribution in [1.29, 1.82) is 0 Å². The molecular weight excluding hydrogens is 661 g/mol. The van der Waals surface area contributed by atoms with Crippen LogP contribution >= 0.6 is 15.9 Å². The van der Waals surface area contributed by atoms with E-state index in [1.54, 1.807) is 12.4 Å². The zero-order chi connectivity index (χ0) is 35.1. The summed E-state index contributed by atoms with van der Waals surface area (Å²) in [5.41, 5.74) is 1.14. The van der Waals surface area contributed by atoms with Gasteiger partial charge >= 0.3 is 21.1 Å². The monoisotopic (exact) mass is 718 g/mol. The van der Waals surface area contributed by atoms with Crippen molar-refractivity contribution in [3.63, 3.8) is 0 Å². The second-order valence-corrected chi connectivity index (χ2v) is 16.0. The molecule has 5 rings (SSSR count). The Morgan fingerprint density at radius 1 is 0.553 bits per heavy atom. The maximum absolute atomic E-state index is 6.00. The Labute approximate surface area is 294 Å². The number of aromatic nitrogens is 2. The van der Waals surface area contributed by atoms with Crippen LogP contribution in [-0.4, -0.2) is 78.8 Å². The molecule has 3 saturated heterocycles. The van der Waals surface area contributed by atoms with Gasteiger partial charge in [0.15, 0.2) is 0 Å². The van der Waals surface area contributed by atoms with Crippen molar-refractivity contribution < 1.29 is 27.9 Å². The van der Waals surface area contributed by atoms with Crippen molar-refractivity contribution in [2.45, 2.75) is 138 Å². The van der Waals surface area contributed by atoms with E-state index in [0.717, 1.165) is 32.7 Å². The van der Waals surface area contributed by atoms with E-state index in [1.807, 2.05) is 89.4 Å². The van der Waals surface area contributed by atoms with Gasteiger partial charge in [-0.1, -0.05) is 13.5 Å². The zero-order valence-corrected chi connectivity index (χ0v) is 32.3. The van der Waals surface area contributed by atoms with E-state index in [2.05, 4.69) is 70.3 Å². The average molecular weight is 719 g/mol. The molecule has 0 radical (unpaired) electrons. The Balaban J connectivity index is 0.000000253. The molecular formula is C33H58B3BrN4O6. The van der Waals surface area contributed by atoms with Gasteiger partial charge in [0, 0.05) is 36.4 Å². The molecule has 0 spiro atoms. The predicted molar refractivity (Wildman–Crippen MR) is 199 cm³/mol. The van der Waals surface area contributed by atoms with Crippen LogP contribution in [0.4, 0.5) is 11.6 Å². The summed E-state index contributed by atoms with van der Waals surface area (Å²) in [5, 5.41) is 6.04. The van der Waals surface area contributed by atoms with Gasteiger partial charge < -0.3 is 38.6 Å². The van der Waals surface area contributed by atoms with Gasteiger partial charge in [0.2, 0.25) is 0 Å². The van der Waals surface area contributed by atoms with Gasteiger partial charge in [-0.15, -0.1) is 0 Å². The van der Waals surface area contributed by atoms with Crippen molar-refractivity contribution in [1.82, 2.24) is 9.97 Å². The van der Waals surface area contributed by atoms with Gasteiger partial charge in [0.25, 0.3) is 0 Å². The third kappa shape index (κ3) is 9.12. The Morgan fingerprint density at radius 2 is 0.872 bits per heavy atom. The lowest BCUT2D eigenvalue weighted by Gasteiger charge is -2.32. The molecule has 47 heavy (non-hydrogen) atoms. The highest BCUT2D eigenvalue weighted by molar-refractivity contribution is 9.10. The number of nitrogens with one attached hydrogen (secondary N) is 2. The number of halogens is 1. The lowest BCUT2D eigenvalue weighted by atomic mass is 9.49. The molecule has 262 valence electrons. The molecule has 2 aromatic rings. The van der Waals surface area contributed by atoms with Crippen LogP contribution in [0.15, 0.2) is 29.0 Å². The molecule has 0 saturated carbocycles. The van der Waals surface area contributed by atoms with Gasteiger partial charge in [-0.2, -0.15) is 0 Å². The predicted octanol–water partition coefficient (Wildman–Crippen LogP) is 6.81. The van der Waals surface area contributed by atoms with E-state index < -0.39 is 14.0 Å². The molecule has 3 aliphatic rings. The fourth-order valence-electron chi connectivity index (χ4n) is 4.77. The number of rotatable bonds is 4. The molecule has 3 fully saturated rings. The first-order valence-corrected chi connectivity index (χ1v) is 16.7. The highest BCUT2D eigenvalue weighted by atomic mass is 79.9. The summed E-state index contributed by atoms with van der Waals surface area (Å²) >= 11 is 3.34. The minimum Gasteiger partial charge on any atom is -0.405 e. The molecule has 5 heterocycles. The number of nitrogens with zero attached hydrogens (tertiary/aromatic N) is 2. The quantitative estimate of drug-likeness (QED) is 0.328. The first-order valence-electron chi connectivity index (χ1n) is 15.9. The summed E-state index contributed by atoms with van der Waals surface area (Å²) in [6, 6.07) is 4.08. The summed E-state index contributed by atoms with van der Waals surface area (Å²) in [7, 11) is 2.44. The van der Waals surface area contributed by atoms with Crippen LogP contribution in [0, 0.1) is 13.8 Å². The summed E-state index contributed by atoms with van der Waals surface area (Å²) in [6.07, 6.45) is 3.58. The number of hydrogen-bond donors (Lipinski definition) is 2. The first kappa shape index (κ1) is 41.5. The molecule has 3 aliphatic heterocycles. The molecule has 2 N–H and O–H groups in total. The van der Waals surface area contributed by atoms with Crippen molar-refractivity contribution in [2.24, 2.45) is 0 Å². The zero-order valence-electron chi connectivity index (χ0n) is 30.8. The largest absolute Gasteiger partial charge is 0.496 e. The van der Waals surface area contributed by atoms with Crippen LogP contribution in [0.5, 0.6) is 0 Å². The number of aryl methyl sites for hydroxylation is 2. The molecule has 0 bridgehead atoms. The van der Waals surface area contributed by atoms with Gasteiger partial charge in [-0.3, -0.25) is 0 Å². The van der Waals surface area contributed by atoms with Crippen LogP contribution < -0.4 is 16.1 Å². The van der Waals surface area contributed by atoms with Crippen LogP contribution in [0.25, 0.3) is 0 Å². The van der Waals surface area contributed by atoms with Crippen LogP contribution in [0.3, 0.4) is 0 Å². The smallest absolute Gasteiger partial charge is 0.405 e. The van der Waals surface area contributed by atoms with E-state index in [1.165, 1.54) is 0 Å². The second-order valence-electron chi connectivity index (χ2n) is 15.1. The highest BCUT2D eigenvalue weighted by Gasteiger charge is 2.63. The molecule has 0 atom stereocenters. The Kier molecular flexibility index (Phi) is 13.0. The maximum atomic E-state index is 6.00. The number of hydrogen-bond acceptors (Lipinski definition) is 10. The lowest BCUT2D eigenvalue weighted by Crippen LogP contribution is -2.41. The number of pyridine rings is 2. The standard InChI is InChI=1S/C13H21BN2O2.C12H24B2O4.C7H9BrN2.CH4/c1-9-7-10(8-16-11(9)15-6)14-17-12(2,3)13(4,5)18-14;1-9(2)10(3,4)16-13(15-9)14-17-11(5,6)12(7,8)18-14;1-5-3-6(8)4-10-7(5)9-2;/h7-8H,1-6H3,(H,15,16);1-8H3;3-4H,1-2H3,(H,9,10);1H4. The molecule has 0 aromatic carbocycles. The van der Waals surface area contributed by atoms with Gasteiger partial charge in [0.05, 0.1) is 33.6 Å². The summed E-state index contributed by atoms with van der Waals surface area (Å²) in [5.74, 6) is 1.82. The SMILES string of the molecule is C.CC1(C)OB(B2OC(C)(C)C(C)(C)O2)OC1(C)C.CNc1ncc(B2OC(C)(C)C(C)(C)O2)cc1C.CNc1ncc(Br)cc1C. The van der Waals surface area contributed by atoms with Crippen LogP contribution in [0.2, 0.25) is 0 Å². The van der Waals surface area contributed by atoms with Crippen LogP contribution in [-0.2, 0) is 27.9 Å². The Morgan fingerprint density at radius 3 is 1.19 bits per heavy atom. The molecule has 0 unspecified atom stereocenters.